The van der Waals surface area contributed by atoms with Gasteiger partial charge in [-0.1, -0.05) is 0 Å². The Bertz CT molecular complexity index is 406. The van der Waals surface area contributed by atoms with Crippen molar-refractivity contribution in [2.45, 2.75) is 51.7 Å². The minimum Gasteiger partial charge on any atom is -0.444 e. The third-order valence-corrected chi connectivity index (χ3v) is 2.73. The average molecular weight is 237 g/mol. The first-order valence-corrected chi connectivity index (χ1v) is 5.97. The number of aryl methyl sites for hydroxylation is 1. The molecule has 0 fully saturated rings. The van der Waals surface area contributed by atoms with Crippen molar-refractivity contribution in [1.82, 2.24) is 15.5 Å². The number of fused-ring (bicyclic) bond motifs is 1. The molecule has 5 heteroatoms. The Morgan fingerprint density at radius 3 is 3.06 bits per heavy atom. The van der Waals surface area contributed by atoms with Gasteiger partial charge in [0, 0.05) is 0 Å². The van der Waals surface area contributed by atoms with Gasteiger partial charge < -0.3 is 10.1 Å². The number of alkyl carbamates (subject to hydrolysis) is 1. The standard InChI is InChI=1S/C12H19N3O2/c1-12(2,3)17-11(16)14-9-6-4-5-8-7-13-15-10(8)9/h7,9H,4-6H2,1-3H3,(H,13,15)(H,14,16). The lowest BCUT2D eigenvalue weighted by Gasteiger charge is -2.25. The maximum atomic E-state index is 11.7. The molecule has 1 aromatic heterocycles. The number of hydrogen-bond donors (Lipinski definition) is 2. The van der Waals surface area contributed by atoms with Crippen LogP contribution in [0.3, 0.4) is 0 Å². The number of ether oxygens (including phenoxy) is 1. The molecule has 0 aromatic carbocycles. The predicted octanol–water partition coefficient (Wildman–Crippen LogP) is 2.31. The molecule has 94 valence electrons. The second kappa shape index (κ2) is 4.39. The van der Waals surface area contributed by atoms with Crippen LogP contribution in [0.4, 0.5) is 4.79 Å². The van der Waals surface area contributed by atoms with Crippen LogP contribution in [0.1, 0.15) is 50.9 Å². The van der Waals surface area contributed by atoms with E-state index in [0.29, 0.717) is 0 Å². The first kappa shape index (κ1) is 12.0. The van der Waals surface area contributed by atoms with Gasteiger partial charge in [-0.2, -0.15) is 5.10 Å². The molecule has 5 nitrogen and oxygen atoms in total. The fraction of sp³-hybridized carbons (Fsp3) is 0.667. The molecule has 1 heterocycles. The summed E-state index contributed by atoms with van der Waals surface area (Å²) in [5.74, 6) is 0. The lowest BCUT2D eigenvalue weighted by atomic mass is 9.94. The van der Waals surface area contributed by atoms with Crippen LogP contribution in [0.2, 0.25) is 0 Å². The van der Waals surface area contributed by atoms with Crippen molar-refractivity contribution in [1.29, 1.82) is 0 Å². The second-order valence-electron chi connectivity index (χ2n) is 5.40. The summed E-state index contributed by atoms with van der Waals surface area (Å²) in [5, 5.41) is 9.86. The van der Waals surface area contributed by atoms with Crippen molar-refractivity contribution in [3.8, 4) is 0 Å². The van der Waals surface area contributed by atoms with E-state index in [-0.39, 0.29) is 12.1 Å². The summed E-state index contributed by atoms with van der Waals surface area (Å²) in [6.45, 7) is 5.57. The predicted molar refractivity (Wildman–Crippen MR) is 63.6 cm³/mol. The number of carbonyl (C=O) groups is 1. The summed E-state index contributed by atoms with van der Waals surface area (Å²) in [5.41, 5.74) is 1.75. The van der Waals surface area contributed by atoms with Crippen LogP contribution in [0.5, 0.6) is 0 Å². The lowest BCUT2D eigenvalue weighted by molar-refractivity contribution is 0.0497. The summed E-state index contributed by atoms with van der Waals surface area (Å²) in [6.07, 6.45) is 4.47. The monoisotopic (exact) mass is 237 g/mol. The van der Waals surface area contributed by atoms with E-state index in [0.717, 1.165) is 25.0 Å². The Morgan fingerprint density at radius 2 is 2.35 bits per heavy atom. The van der Waals surface area contributed by atoms with E-state index in [1.807, 2.05) is 27.0 Å². The Morgan fingerprint density at radius 1 is 1.59 bits per heavy atom. The van der Waals surface area contributed by atoms with Gasteiger partial charge in [-0.15, -0.1) is 0 Å². The van der Waals surface area contributed by atoms with Gasteiger partial charge in [0.2, 0.25) is 0 Å². The van der Waals surface area contributed by atoms with Gasteiger partial charge in [0.05, 0.1) is 17.9 Å². The topological polar surface area (TPSA) is 67.0 Å². The molecular weight excluding hydrogens is 218 g/mol. The van der Waals surface area contributed by atoms with Crippen molar-refractivity contribution >= 4 is 6.09 Å². The Hall–Kier alpha value is -1.52. The largest absolute Gasteiger partial charge is 0.444 e. The van der Waals surface area contributed by atoms with E-state index >= 15 is 0 Å². The molecule has 1 aliphatic carbocycles. The van der Waals surface area contributed by atoms with Crippen LogP contribution in [0.15, 0.2) is 6.20 Å². The molecule has 1 atom stereocenters. The van der Waals surface area contributed by atoms with Crippen LogP contribution >= 0.6 is 0 Å². The Kier molecular flexibility index (Phi) is 3.09. The molecule has 0 saturated heterocycles. The molecule has 0 spiro atoms. The Balaban J connectivity index is 2.00. The van der Waals surface area contributed by atoms with Gasteiger partial charge in [0.1, 0.15) is 5.60 Å². The molecule has 1 aromatic rings. The van der Waals surface area contributed by atoms with Crippen molar-refractivity contribution in [3.05, 3.63) is 17.5 Å². The fourth-order valence-electron chi connectivity index (χ4n) is 2.06. The minimum atomic E-state index is -0.463. The van der Waals surface area contributed by atoms with Gasteiger partial charge >= 0.3 is 6.09 Å². The highest BCUT2D eigenvalue weighted by Gasteiger charge is 2.25. The fourth-order valence-corrected chi connectivity index (χ4v) is 2.06. The highest BCUT2D eigenvalue weighted by atomic mass is 16.6. The molecule has 2 N–H and O–H groups in total. The van der Waals surface area contributed by atoms with E-state index in [4.69, 9.17) is 4.74 Å². The summed E-state index contributed by atoms with van der Waals surface area (Å²) >= 11 is 0. The number of aromatic amines is 1. The average Bonchev–Trinajstić information content (AvgIpc) is 2.63. The summed E-state index contributed by atoms with van der Waals surface area (Å²) in [7, 11) is 0. The zero-order valence-electron chi connectivity index (χ0n) is 10.5. The zero-order valence-corrected chi connectivity index (χ0v) is 10.5. The van der Waals surface area contributed by atoms with Crippen LogP contribution < -0.4 is 5.32 Å². The number of nitrogens with zero attached hydrogens (tertiary/aromatic N) is 1. The maximum Gasteiger partial charge on any atom is 0.408 e. The normalized spacial score (nSPS) is 19.6. The SMILES string of the molecule is CC(C)(C)OC(=O)NC1CCCc2cn[nH]c21. The smallest absolute Gasteiger partial charge is 0.408 e. The Labute approximate surface area is 101 Å². The van der Waals surface area contributed by atoms with Gasteiger partial charge in [-0.25, -0.2) is 4.79 Å². The first-order chi connectivity index (χ1) is 7.96. The second-order valence-corrected chi connectivity index (χ2v) is 5.40. The van der Waals surface area contributed by atoms with Crippen molar-refractivity contribution in [2.24, 2.45) is 0 Å². The quantitative estimate of drug-likeness (QED) is 0.787. The molecule has 1 unspecified atom stereocenters. The van der Waals surface area contributed by atoms with Crippen LogP contribution in [0.25, 0.3) is 0 Å². The van der Waals surface area contributed by atoms with Crippen LogP contribution in [-0.2, 0) is 11.2 Å². The summed E-state index contributed by atoms with van der Waals surface area (Å²) < 4.78 is 5.25. The summed E-state index contributed by atoms with van der Waals surface area (Å²) in [4.78, 5) is 11.7. The number of H-pyrrole nitrogens is 1. The van der Waals surface area contributed by atoms with Crippen molar-refractivity contribution in [2.75, 3.05) is 0 Å². The van der Waals surface area contributed by atoms with Crippen molar-refractivity contribution in [3.63, 3.8) is 0 Å². The molecule has 1 aliphatic rings. The molecule has 17 heavy (non-hydrogen) atoms. The van der Waals surface area contributed by atoms with Gasteiger partial charge in [-0.05, 0) is 45.6 Å². The number of hydrogen-bond acceptors (Lipinski definition) is 3. The van der Waals surface area contributed by atoms with Crippen LogP contribution in [-0.4, -0.2) is 21.9 Å². The van der Waals surface area contributed by atoms with Gasteiger partial charge in [-0.3, -0.25) is 5.10 Å². The van der Waals surface area contributed by atoms with E-state index in [9.17, 15) is 4.79 Å². The number of nitrogens with one attached hydrogen (secondary N) is 2. The minimum absolute atomic E-state index is 0.00361. The zero-order chi connectivity index (χ0) is 12.5. The van der Waals surface area contributed by atoms with Gasteiger partial charge in [0.15, 0.2) is 0 Å². The molecule has 0 aliphatic heterocycles. The first-order valence-electron chi connectivity index (χ1n) is 5.97. The van der Waals surface area contributed by atoms with Crippen molar-refractivity contribution < 1.29 is 9.53 Å². The van der Waals surface area contributed by atoms with Crippen LogP contribution in [0, 0.1) is 0 Å². The molecule has 0 saturated carbocycles. The summed E-state index contributed by atoms with van der Waals surface area (Å²) in [6, 6.07) is -0.00361. The van der Waals surface area contributed by atoms with E-state index in [1.165, 1.54) is 5.56 Å². The molecule has 0 radical (unpaired) electrons. The lowest BCUT2D eigenvalue weighted by Crippen LogP contribution is -2.36. The highest BCUT2D eigenvalue weighted by molar-refractivity contribution is 5.68. The molecular formula is C12H19N3O2. The number of rotatable bonds is 1. The molecule has 1 amide bonds. The number of amides is 1. The molecule has 2 rings (SSSR count). The van der Waals surface area contributed by atoms with E-state index < -0.39 is 5.60 Å². The number of carbonyl (C=O) groups excluding carboxylic acids is 1. The highest BCUT2D eigenvalue weighted by Crippen LogP contribution is 2.27. The number of aromatic nitrogens is 2. The maximum absolute atomic E-state index is 11.7. The van der Waals surface area contributed by atoms with E-state index in [2.05, 4.69) is 15.5 Å². The third-order valence-electron chi connectivity index (χ3n) is 2.73. The van der Waals surface area contributed by atoms with E-state index in [1.54, 1.807) is 0 Å². The third kappa shape index (κ3) is 2.99. The molecule has 0 bridgehead atoms. The van der Waals surface area contributed by atoms with Gasteiger partial charge in [0.25, 0.3) is 0 Å².